The molecule has 0 radical (unpaired) electrons. The minimum absolute atomic E-state index is 0.234. The van der Waals surface area contributed by atoms with Crippen LogP contribution in [0.25, 0.3) is 11.1 Å². The van der Waals surface area contributed by atoms with E-state index in [1.54, 1.807) is 12.4 Å². The van der Waals surface area contributed by atoms with Gasteiger partial charge in [-0.25, -0.2) is 0 Å². The minimum Gasteiger partial charge on any atom is -0.326 e. The predicted octanol–water partition coefficient (Wildman–Crippen LogP) is 1.74. The summed E-state index contributed by atoms with van der Waals surface area (Å²) in [5, 5.41) is 7.28. The molecule has 2 rings (SSSR count). The zero-order valence-electron chi connectivity index (χ0n) is 8.82. The fourth-order valence-electron chi connectivity index (χ4n) is 1.61. The summed E-state index contributed by atoms with van der Waals surface area (Å²) in [7, 11) is 0. The van der Waals surface area contributed by atoms with Crippen LogP contribution in [0.2, 0.25) is 0 Å². The van der Waals surface area contributed by atoms with Crippen LogP contribution in [0.3, 0.4) is 0 Å². The third-order valence-electron chi connectivity index (χ3n) is 2.34. The quantitative estimate of drug-likeness (QED) is 0.746. The SMILES string of the molecule is Cc1cc(-c2ccncc2)c(C=N)c(=O)[nH]1. The highest BCUT2D eigenvalue weighted by atomic mass is 16.1. The van der Waals surface area contributed by atoms with E-state index in [0.29, 0.717) is 5.56 Å². The Labute approximate surface area is 92.5 Å². The molecular formula is C12H11N3O. The smallest absolute Gasteiger partial charge is 0.257 e. The van der Waals surface area contributed by atoms with Gasteiger partial charge in [0, 0.05) is 24.3 Å². The van der Waals surface area contributed by atoms with E-state index in [1.807, 2.05) is 25.1 Å². The highest BCUT2D eigenvalue weighted by Crippen LogP contribution is 2.19. The molecule has 0 aliphatic heterocycles. The lowest BCUT2D eigenvalue weighted by atomic mass is 10.0. The molecule has 0 aliphatic carbocycles. The number of nitrogens with one attached hydrogen (secondary N) is 2. The largest absolute Gasteiger partial charge is 0.326 e. The summed E-state index contributed by atoms with van der Waals surface area (Å²) >= 11 is 0. The molecular weight excluding hydrogens is 202 g/mol. The van der Waals surface area contributed by atoms with E-state index in [2.05, 4.69) is 9.97 Å². The number of rotatable bonds is 2. The van der Waals surface area contributed by atoms with Gasteiger partial charge in [0.05, 0.1) is 5.56 Å². The summed E-state index contributed by atoms with van der Waals surface area (Å²) in [5.41, 5.74) is 2.57. The van der Waals surface area contributed by atoms with E-state index in [0.717, 1.165) is 23.0 Å². The molecule has 2 aromatic rings. The summed E-state index contributed by atoms with van der Waals surface area (Å²) in [6.07, 6.45) is 4.41. The van der Waals surface area contributed by atoms with Crippen molar-refractivity contribution < 1.29 is 0 Å². The normalized spacial score (nSPS) is 10.1. The second-order valence-corrected chi connectivity index (χ2v) is 3.49. The number of H-pyrrole nitrogens is 1. The first kappa shape index (κ1) is 10.3. The van der Waals surface area contributed by atoms with Crippen LogP contribution in [-0.2, 0) is 0 Å². The van der Waals surface area contributed by atoms with Crippen molar-refractivity contribution in [3.8, 4) is 11.1 Å². The van der Waals surface area contributed by atoms with Gasteiger partial charge in [-0.1, -0.05) is 0 Å². The number of nitrogens with zero attached hydrogens (tertiary/aromatic N) is 1. The number of hydrogen-bond acceptors (Lipinski definition) is 3. The monoisotopic (exact) mass is 213 g/mol. The molecule has 0 fully saturated rings. The van der Waals surface area contributed by atoms with Crippen molar-refractivity contribution in [3.63, 3.8) is 0 Å². The van der Waals surface area contributed by atoms with Crippen LogP contribution >= 0.6 is 0 Å². The van der Waals surface area contributed by atoms with E-state index < -0.39 is 0 Å². The van der Waals surface area contributed by atoms with Crippen LogP contribution in [0.5, 0.6) is 0 Å². The number of aromatic amines is 1. The molecule has 2 heterocycles. The van der Waals surface area contributed by atoms with Crippen molar-refractivity contribution in [2.75, 3.05) is 0 Å². The molecule has 0 spiro atoms. The lowest BCUT2D eigenvalue weighted by Crippen LogP contribution is -2.14. The summed E-state index contributed by atoms with van der Waals surface area (Å²) in [5.74, 6) is 0. The molecule has 0 amide bonds. The Morgan fingerprint density at radius 2 is 2.06 bits per heavy atom. The summed E-state index contributed by atoms with van der Waals surface area (Å²) < 4.78 is 0. The van der Waals surface area contributed by atoms with Crippen LogP contribution in [0.15, 0.2) is 35.4 Å². The molecule has 4 nitrogen and oxygen atoms in total. The Bertz CT molecular complexity index is 573. The average Bonchev–Trinajstić information content (AvgIpc) is 2.29. The molecule has 0 unspecified atom stereocenters. The summed E-state index contributed by atoms with van der Waals surface area (Å²) in [4.78, 5) is 18.2. The van der Waals surface area contributed by atoms with Crippen molar-refractivity contribution in [1.29, 1.82) is 5.41 Å². The third-order valence-corrected chi connectivity index (χ3v) is 2.34. The molecule has 0 bridgehead atoms. The van der Waals surface area contributed by atoms with Crippen molar-refractivity contribution in [3.05, 3.63) is 52.2 Å². The maximum atomic E-state index is 11.6. The number of aromatic nitrogens is 2. The van der Waals surface area contributed by atoms with E-state index >= 15 is 0 Å². The van der Waals surface area contributed by atoms with Crippen molar-refractivity contribution in [1.82, 2.24) is 9.97 Å². The maximum absolute atomic E-state index is 11.6. The molecule has 0 aliphatic rings. The van der Waals surface area contributed by atoms with Gasteiger partial charge in [0.15, 0.2) is 0 Å². The average molecular weight is 213 g/mol. The van der Waals surface area contributed by atoms with Gasteiger partial charge in [-0.2, -0.15) is 0 Å². The lowest BCUT2D eigenvalue weighted by molar-refractivity contribution is 1.14. The zero-order valence-corrected chi connectivity index (χ0v) is 8.82. The Morgan fingerprint density at radius 1 is 1.38 bits per heavy atom. The molecule has 80 valence electrons. The Balaban J connectivity index is 2.74. The van der Waals surface area contributed by atoms with Crippen molar-refractivity contribution in [2.45, 2.75) is 6.92 Å². The van der Waals surface area contributed by atoms with Gasteiger partial charge >= 0.3 is 0 Å². The molecule has 2 aromatic heterocycles. The molecule has 0 atom stereocenters. The Kier molecular flexibility index (Phi) is 2.64. The summed E-state index contributed by atoms with van der Waals surface area (Å²) in [6.45, 7) is 1.82. The second kappa shape index (κ2) is 4.10. The molecule has 0 saturated carbocycles. The fourth-order valence-corrected chi connectivity index (χ4v) is 1.61. The van der Waals surface area contributed by atoms with Gasteiger partial charge < -0.3 is 10.4 Å². The molecule has 16 heavy (non-hydrogen) atoms. The van der Waals surface area contributed by atoms with Gasteiger partial charge in [-0.15, -0.1) is 0 Å². The second-order valence-electron chi connectivity index (χ2n) is 3.49. The van der Waals surface area contributed by atoms with Gasteiger partial charge in [-0.05, 0) is 36.2 Å². The van der Waals surface area contributed by atoms with Gasteiger partial charge in [0.2, 0.25) is 0 Å². The van der Waals surface area contributed by atoms with Crippen LogP contribution in [-0.4, -0.2) is 16.2 Å². The number of hydrogen-bond donors (Lipinski definition) is 2. The Morgan fingerprint density at radius 3 is 2.69 bits per heavy atom. The fraction of sp³-hybridized carbons (Fsp3) is 0.0833. The van der Waals surface area contributed by atoms with Crippen LogP contribution in [0.4, 0.5) is 0 Å². The third kappa shape index (κ3) is 1.77. The first-order valence-corrected chi connectivity index (χ1v) is 4.87. The maximum Gasteiger partial charge on any atom is 0.257 e. The number of pyridine rings is 2. The van der Waals surface area contributed by atoms with Crippen LogP contribution in [0, 0.1) is 12.3 Å². The molecule has 2 N–H and O–H groups in total. The van der Waals surface area contributed by atoms with E-state index in [4.69, 9.17) is 5.41 Å². The molecule has 4 heteroatoms. The van der Waals surface area contributed by atoms with Crippen LogP contribution < -0.4 is 5.56 Å². The highest BCUT2D eigenvalue weighted by Gasteiger charge is 2.07. The first-order chi connectivity index (χ1) is 7.72. The summed E-state index contributed by atoms with van der Waals surface area (Å²) in [6, 6.07) is 5.50. The minimum atomic E-state index is -0.234. The first-order valence-electron chi connectivity index (χ1n) is 4.87. The van der Waals surface area contributed by atoms with Crippen molar-refractivity contribution >= 4 is 6.21 Å². The van der Waals surface area contributed by atoms with E-state index in [9.17, 15) is 4.79 Å². The van der Waals surface area contributed by atoms with Gasteiger partial charge in [0.1, 0.15) is 0 Å². The molecule has 0 saturated heterocycles. The highest BCUT2D eigenvalue weighted by molar-refractivity contribution is 5.88. The van der Waals surface area contributed by atoms with Gasteiger partial charge in [0.25, 0.3) is 5.56 Å². The Hall–Kier alpha value is -2.23. The zero-order chi connectivity index (χ0) is 11.5. The topological polar surface area (TPSA) is 69.6 Å². The molecule has 0 aromatic carbocycles. The van der Waals surface area contributed by atoms with E-state index in [1.165, 1.54) is 0 Å². The van der Waals surface area contributed by atoms with Gasteiger partial charge in [-0.3, -0.25) is 9.78 Å². The lowest BCUT2D eigenvalue weighted by Gasteiger charge is -2.05. The number of aryl methyl sites for hydroxylation is 1. The van der Waals surface area contributed by atoms with E-state index in [-0.39, 0.29) is 5.56 Å². The standard InChI is InChI=1S/C12H11N3O/c1-8-6-10(9-2-4-14-5-3-9)11(7-13)12(16)15-8/h2-7,13H,1H3,(H,15,16). The predicted molar refractivity (Wildman–Crippen MR) is 62.9 cm³/mol. The van der Waals surface area contributed by atoms with Crippen molar-refractivity contribution in [2.24, 2.45) is 0 Å². The van der Waals surface area contributed by atoms with Crippen LogP contribution in [0.1, 0.15) is 11.3 Å².